The Morgan fingerprint density at radius 3 is 1.68 bits per heavy atom. The summed E-state index contributed by atoms with van der Waals surface area (Å²) < 4.78 is 30.7. The third-order valence-corrected chi connectivity index (χ3v) is 3.48. The Kier molecular flexibility index (Phi) is 14.7. The zero-order valence-corrected chi connectivity index (χ0v) is 15.6. The van der Waals surface area contributed by atoms with Crippen molar-refractivity contribution in [3.05, 3.63) is 12.4 Å². The average Bonchev–Trinajstić information content (AvgIpc) is 2.87. The van der Waals surface area contributed by atoms with Gasteiger partial charge < -0.3 is 14.7 Å². The van der Waals surface area contributed by atoms with Crippen molar-refractivity contribution in [3.63, 3.8) is 0 Å². The Hall–Kier alpha value is -0.830. The normalized spacial score (nSPS) is 13.6. The standard InChI is InChI=1S/C6H12N2.C6H15N.C2H6O4S/c1-3-8-5-4-7(2)6-8;1-4-7(5-2)6-3;1-2-6-7(3,4)5/h4-5H,3,6H2,1-2H3;4-6H2,1-3H3;2H2,1H3,(H,3,4,5). The van der Waals surface area contributed by atoms with Crippen LogP contribution in [-0.4, -0.2) is 74.2 Å². The maximum atomic E-state index is 9.56. The summed E-state index contributed by atoms with van der Waals surface area (Å²) in [6.45, 7) is 15.9. The van der Waals surface area contributed by atoms with Crippen LogP contribution in [-0.2, 0) is 14.6 Å². The van der Waals surface area contributed by atoms with Crippen molar-refractivity contribution in [2.45, 2.75) is 34.6 Å². The molecule has 0 aromatic heterocycles. The summed E-state index contributed by atoms with van der Waals surface area (Å²) in [6, 6.07) is 0. The van der Waals surface area contributed by atoms with E-state index < -0.39 is 10.4 Å². The van der Waals surface area contributed by atoms with Crippen molar-refractivity contribution in [1.82, 2.24) is 14.7 Å². The molecule has 8 heteroatoms. The largest absolute Gasteiger partial charge is 0.397 e. The summed E-state index contributed by atoms with van der Waals surface area (Å²) in [7, 11) is -2.10. The van der Waals surface area contributed by atoms with Crippen LogP contribution in [0.2, 0.25) is 0 Å². The lowest BCUT2D eigenvalue weighted by Crippen LogP contribution is -2.21. The summed E-state index contributed by atoms with van der Waals surface area (Å²) >= 11 is 0. The van der Waals surface area contributed by atoms with Gasteiger partial charge in [-0.3, -0.25) is 4.55 Å². The number of nitrogens with zero attached hydrogens (tertiary/aromatic N) is 3. The molecule has 7 nitrogen and oxygen atoms in total. The summed E-state index contributed by atoms with van der Waals surface area (Å²) in [4.78, 5) is 6.78. The molecular formula is C14H33N3O4S. The van der Waals surface area contributed by atoms with Gasteiger partial charge >= 0.3 is 10.4 Å². The fourth-order valence-corrected chi connectivity index (χ4v) is 1.91. The van der Waals surface area contributed by atoms with Crippen molar-refractivity contribution in [1.29, 1.82) is 0 Å². The average molecular weight is 340 g/mol. The molecule has 0 fully saturated rings. The van der Waals surface area contributed by atoms with Crippen LogP contribution in [0.15, 0.2) is 12.4 Å². The lowest BCUT2D eigenvalue weighted by Gasteiger charge is -2.14. The molecule has 1 heterocycles. The zero-order chi connectivity index (χ0) is 17.6. The Labute approximate surface area is 136 Å². The van der Waals surface area contributed by atoms with Gasteiger partial charge in [0.05, 0.1) is 13.3 Å². The van der Waals surface area contributed by atoms with Gasteiger partial charge in [-0.15, -0.1) is 0 Å². The first-order valence-electron chi connectivity index (χ1n) is 7.70. The van der Waals surface area contributed by atoms with Crippen LogP contribution in [0.25, 0.3) is 0 Å². The molecule has 1 N–H and O–H groups in total. The molecule has 0 aromatic carbocycles. The molecule has 22 heavy (non-hydrogen) atoms. The number of rotatable bonds is 6. The van der Waals surface area contributed by atoms with Crippen LogP contribution in [0.5, 0.6) is 0 Å². The van der Waals surface area contributed by atoms with E-state index in [0.29, 0.717) is 0 Å². The monoisotopic (exact) mass is 339 g/mol. The van der Waals surface area contributed by atoms with E-state index in [0.717, 1.165) is 13.2 Å². The van der Waals surface area contributed by atoms with E-state index in [-0.39, 0.29) is 6.61 Å². The van der Waals surface area contributed by atoms with E-state index in [2.05, 4.69) is 66.0 Å². The van der Waals surface area contributed by atoms with Crippen molar-refractivity contribution in [3.8, 4) is 0 Å². The fourth-order valence-electron chi connectivity index (χ4n) is 1.61. The topological polar surface area (TPSA) is 73.3 Å². The molecule has 0 amide bonds. The van der Waals surface area contributed by atoms with Gasteiger partial charge in [-0.25, -0.2) is 4.18 Å². The molecule has 0 aliphatic carbocycles. The predicted octanol–water partition coefficient (Wildman–Crippen LogP) is 1.86. The van der Waals surface area contributed by atoms with Gasteiger partial charge in [0.15, 0.2) is 0 Å². The van der Waals surface area contributed by atoms with E-state index in [1.807, 2.05) is 0 Å². The fraction of sp³-hybridized carbons (Fsp3) is 0.857. The van der Waals surface area contributed by atoms with E-state index in [1.54, 1.807) is 0 Å². The van der Waals surface area contributed by atoms with Gasteiger partial charge in [0.25, 0.3) is 0 Å². The predicted molar refractivity (Wildman–Crippen MR) is 90.8 cm³/mol. The van der Waals surface area contributed by atoms with Crippen LogP contribution in [0, 0.1) is 0 Å². The molecule has 1 rings (SSSR count). The third-order valence-electron chi connectivity index (χ3n) is 2.95. The van der Waals surface area contributed by atoms with Gasteiger partial charge in [0.1, 0.15) is 0 Å². The second kappa shape index (κ2) is 13.8. The van der Waals surface area contributed by atoms with Crippen LogP contribution < -0.4 is 0 Å². The molecular weight excluding hydrogens is 306 g/mol. The molecule has 1 aliphatic heterocycles. The first kappa shape index (κ1) is 23.4. The highest BCUT2D eigenvalue weighted by molar-refractivity contribution is 7.80. The van der Waals surface area contributed by atoms with Crippen molar-refractivity contribution in [2.24, 2.45) is 0 Å². The molecule has 0 saturated carbocycles. The van der Waals surface area contributed by atoms with E-state index in [9.17, 15) is 8.42 Å². The maximum absolute atomic E-state index is 9.56. The molecule has 0 aromatic rings. The first-order chi connectivity index (χ1) is 10.2. The minimum Gasteiger partial charge on any atom is -0.362 e. The van der Waals surface area contributed by atoms with Crippen LogP contribution in [0.1, 0.15) is 34.6 Å². The second-order valence-electron chi connectivity index (χ2n) is 4.56. The van der Waals surface area contributed by atoms with E-state index >= 15 is 0 Å². The Bertz CT molecular complexity index is 365. The summed E-state index contributed by atoms with van der Waals surface area (Å²) in [6.07, 6.45) is 4.20. The van der Waals surface area contributed by atoms with Crippen LogP contribution in [0.4, 0.5) is 0 Å². The summed E-state index contributed by atoms with van der Waals surface area (Å²) in [5.74, 6) is 0. The Balaban J connectivity index is 0. The molecule has 0 bridgehead atoms. The molecule has 0 radical (unpaired) electrons. The van der Waals surface area contributed by atoms with Gasteiger partial charge in [-0.05, 0) is 33.5 Å². The minimum atomic E-state index is -4.17. The highest BCUT2D eigenvalue weighted by atomic mass is 32.3. The highest BCUT2D eigenvalue weighted by Crippen LogP contribution is 2.00. The van der Waals surface area contributed by atoms with Gasteiger partial charge in [-0.2, -0.15) is 8.42 Å². The van der Waals surface area contributed by atoms with Gasteiger partial charge in [0, 0.05) is 26.0 Å². The number of hydrogen-bond acceptors (Lipinski definition) is 6. The van der Waals surface area contributed by atoms with Crippen molar-refractivity contribution < 1.29 is 17.2 Å². The minimum absolute atomic E-state index is 0.0289. The van der Waals surface area contributed by atoms with E-state index in [4.69, 9.17) is 4.55 Å². The summed E-state index contributed by atoms with van der Waals surface area (Å²) in [5.41, 5.74) is 0. The maximum Gasteiger partial charge on any atom is 0.397 e. The van der Waals surface area contributed by atoms with Crippen LogP contribution >= 0.6 is 0 Å². The second-order valence-corrected chi connectivity index (χ2v) is 5.65. The highest BCUT2D eigenvalue weighted by Gasteiger charge is 2.03. The molecule has 0 spiro atoms. The first-order valence-corrected chi connectivity index (χ1v) is 9.07. The molecule has 0 unspecified atom stereocenters. The quantitative estimate of drug-likeness (QED) is 0.740. The van der Waals surface area contributed by atoms with Gasteiger partial charge in [-0.1, -0.05) is 20.8 Å². The van der Waals surface area contributed by atoms with Crippen molar-refractivity contribution in [2.75, 3.05) is 46.5 Å². The molecule has 1 aliphatic rings. The lowest BCUT2D eigenvalue weighted by atomic mass is 10.5. The molecule has 0 atom stereocenters. The zero-order valence-electron chi connectivity index (χ0n) is 14.8. The number of hydrogen-bond donors (Lipinski definition) is 1. The van der Waals surface area contributed by atoms with Crippen molar-refractivity contribution >= 4 is 10.4 Å². The van der Waals surface area contributed by atoms with Gasteiger partial charge in [0.2, 0.25) is 0 Å². The van der Waals surface area contributed by atoms with E-state index in [1.165, 1.54) is 26.6 Å². The Morgan fingerprint density at radius 2 is 1.59 bits per heavy atom. The SMILES string of the molecule is CCN(CC)CC.CCN1C=CN(C)C1.CCOS(=O)(=O)O. The smallest absolute Gasteiger partial charge is 0.362 e. The molecule has 0 saturated heterocycles. The third kappa shape index (κ3) is 15.6. The summed E-state index contributed by atoms with van der Waals surface area (Å²) in [5, 5.41) is 0. The Morgan fingerprint density at radius 1 is 1.09 bits per heavy atom. The molecule has 134 valence electrons. The lowest BCUT2D eigenvalue weighted by molar-refractivity contribution is 0.283. The van der Waals surface area contributed by atoms with Crippen LogP contribution in [0.3, 0.4) is 0 Å².